The van der Waals surface area contributed by atoms with Crippen molar-refractivity contribution in [2.75, 3.05) is 6.26 Å². The minimum atomic E-state index is 1.18. The second-order valence-electron chi connectivity index (χ2n) is 13.8. The molecule has 4 heteroatoms. The number of nitrogens with zero attached hydrogens (tertiary/aromatic N) is 2. The van der Waals surface area contributed by atoms with Gasteiger partial charge in [0.1, 0.15) is 0 Å². The van der Waals surface area contributed by atoms with Gasteiger partial charge in [-0.25, -0.2) is 0 Å². The van der Waals surface area contributed by atoms with Crippen LogP contribution in [0.5, 0.6) is 0 Å². The molecule has 8 aromatic carbocycles. The van der Waals surface area contributed by atoms with E-state index >= 15 is 0 Å². The first kappa shape index (κ1) is 36.1. The summed E-state index contributed by atoms with van der Waals surface area (Å²) in [4.78, 5) is 0. The van der Waals surface area contributed by atoms with Gasteiger partial charge in [-0.1, -0.05) is 135 Å². The molecule has 0 amide bonds. The van der Waals surface area contributed by atoms with Crippen LogP contribution < -0.4 is 0 Å². The summed E-state index contributed by atoms with van der Waals surface area (Å²) in [5.74, 6) is 0. The number of aromatic nitrogens is 2. The zero-order chi connectivity index (χ0) is 38.9. The van der Waals surface area contributed by atoms with Crippen LogP contribution in [0.4, 0.5) is 0 Å². The molecule has 0 saturated carbocycles. The molecule has 0 saturated heterocycles. The molecule has 0 atom stereocenters. The lowest BCUT2D eigenvalue weighted by Gasteiger charge is -2.10. The predicted molar refractivity (Wildman–Crippen MR) is 254 cm³/mol. The highest BCUT2D eigenvalue weighted by atomic mass is 32.1. The molecule has 0 aliphatic carbocycles. The lowest BCUT2D eigenvalue weighted by molar-refractivity contribution is 1.18. The fourth-order valence-corrected chi connectivity index (χ4v) is 9.22. The Morgan fingerprint density at radius 1 is 0.368 bits per heavy atom. The first-order valence-electron chi connectivity index (χ1n) is 19.0. The average Bonchev–Trinajstić information content (AvgIpc) is 3.94. The Morgan fingerprint density at radius 2 is 0.754 bits per heavy atom. The summed E-state index contributed by atoms with van der Waals surface area (Å²) >= 11 is 5.40. The molecule has 2 nitrogen and oxygen atoms in total. The monoisotopic (exact) mass is 768 g/mol. The van der Waals surface area contributed by atoms with Crippen LogP contribution in [-0.4, -0.2) is 15.4 Å². The lowest BCUT2D eigenvalue weighted by Crippen LogP contribution is -1.94. The van der Waals surface area contributed by atoms with E-state index in [1.165, 1.54) is 97.4 Å². The van der Waals surface area contributed by atoms with E-state index in [4.69, 9.17) is 0 Å². The predicted octanol–water partition coefficient (Wildman–Crippen LogP) is 15.5. The minimum absolute atomic E-state index is 1.18. The summed E-state index contributed by atoms with van der Waals surface area (Å²) in [5.41, 5.74) is 12.2. The number of thiophene rings is 1. The zero-order valence-corrected chi connectivity index (χ0v) is 33.4. The molecule has 3 heterocycles. The van der Waals surface area contributed by atoms with Gasteiger partial charge < -0.3 is 9.13 Å². The van der Waals surface area contributed by atoms with Gasteiger partial charge in [0.25, 0.3) is 0 Å². The molecular formula is C53H40N2S2. The van der Waals surface area contributed by atoms with Crippen molar-refractivity contribution in [3.05, 3.63) is 207 Å². The van der Waals surface area contributed by atoms with Gasteiger partial charge in [0.05, 0.1) is 22.1 Å². The molecular weight excluding hydrogens is 729 g/mol. The fraction of sp³-hybridized carbons (Fsp3) is 0.0189. The second kappa shape index (κ2) is 15.5. The molecule has 0 aliphatic heterocycles. The smallest absolute Gasteiger partial charge is 0.0541 e. The Kier molecular flexibility index (Phi) is 9.81. The molecule has 0 bridgehead atoms. The summed E-state index contributed by atoms with van der Waals surface area (Å²) in [7, 11) is 0. The number of fused-ring (bicyclic) bond motifs is 9. The third-order valence-corrected chi connectivity index (χ3v) is 11.8. The summed E-state index contributed by atoms with van der Waals surface area (Å²) in [6.07, 6.45) is 4.97. The van der Waals surface area contributed by atoms with Crippen LogP contribution in [0.1, 0.15) is 0 Å². The van der Waals surface area contributed by atoms with Crippen LogP contribution in [0.15, 0.2) is 207 Å². The molecule has 3 aromatic heterocycles. The van der Waals surface area contributed by atoms with Crippen molar-refractivity contribution >= 4 is 87.7 Å². The summed E-state index contributed by atoms with van der Waals surface area (Å²) in [5, 5.41) is 7.65. The average molecular weight is 769 g/mol. The van der Waals surface area contributed by atoms with Crippen LogP contribution in [0.2, 0.25) is 0 Å². The quantitative estimate of drug-likeness (QED) is 0.132. The Labute approximate surface area is 342 Å². The maximum absolute atomic E-state index is 3.53. The Balaban J connectivity index is 0.000000666. The van der Waals surface area contributed by atoms with Crippen molar-refractivity contribution < 1.29 is 0 Å². The summed E-state index contributed by atoms with van der Waals surface area (Å²) in [6.45, 7) is 6.72. The van der Waals surface area contributed by atoms with Crippen LogP contribution >= 0.6 is 24.0 Å². The number of benzene rings is 8. The van der Waals surface area contributed by atoms with E-state index < -0.39 is 0 Å². The van der Waals surface area contributed by atoms with Gasteiger partial charge >= 0.3 is 0 Å². The SMILES string of the molecule is C=CC=C.CS.c1ccc(-c2ccc3c(c2)c2ccccc2n3-c2ccc3sc4ccc(-n5c6ccccc6c6cc(-c7ccccc7)ccc65)cc4c3c2)cc1. The Hall–Kier alpha value is -6.59. The molecule has 11 rings (SSSR count). The number of rotatable bonds is 5. The van der Waals surface area contributed by atoms with Crippen LogP contribution in [0.25, 0.3) is 97.4 Å². The number of thiol groups is 1. The first-order valence-corrected chi connectivity index (χ1v) is 20.7. The highest BCUT2D eigenvalue weighted by Gasteiger charge is 2.17. The van der Waals surface area contributed by atoms with Gasteiger partial charge in [-0.15, -0.1) is 11.3 Å². The van der Waals surface area contributed by atoms with Crippen LogP contribution in [0.3, 0.4) is 0 Å². The molecule has 57 heavy (non-hydrogen) atoms. The van der Waals surface area contributed by atoms with E-state index in [2.05, 4.69) is 217 Å². The third-order valence-electron chi connectivity index (χ3n) is 10.7. The standard InChI is InChI=1S/C48H30N2S.C4H6.CH4S/c1-3-11-31(12-4-1)33-19-23-45-39(27-33)37-15-7-9-17-43(37)49(45)35-21-25-47-41(29-35)42-30-36(22-26-48(42)51-47)50-44-18-10-8-16-38(44)40-28-34(20-24-46(40)50)32-13-5-2-6-14-32;1-3-4-2;1-2/h1-30H;3-4H,1-2H2;2H,1H3. The van der Waals surface area contributed by atoms with Gasteiger partial charge in [0, 0.05) is 53.1 Å². The molecule has 0 fully saturated rings. The van der Waals surface area contributed by atoms with Crippen molar-refractivity contribution in [1.82, 2.24) is 9.13 Å². The highest BCUT2D eigenvalue weighted by Crippen LogP contribution is 2.41. The van der Waals surface area contributed by atoms with E-state index in [0.29, 0.717) is 0 Å². The van der Waals surface area contributed by atoms with Crippen molar-refractivity contribution in [3.8, 4) is 33.6 Å². The van der Waals surface area contributed by atoms with E-state index in [-0.39, 0.29) is 0 Å². The van der Waals surface area contributed by atoms with Gasteiger partial charge in [-0.3, -0.25) is 0 Å². The molecule has 0 aliphatic rings. The minimum Gasteiger partial charge on any atom is -0.309 e. The van der Waals surface area contributed by atoms with E-state index in [9.17, 15) is 0 Å². The number of hydrogen-bond donors (Lipinski definition) is 1. The number of hydrogen-bond acceptors (Lipinski definition) is 2. The fourth-order valence-electron chi connectivity index (χ4n) is 8.15. The van der Waals surface area contributed by atoms with E-state index in [1.807, 2.05) is 11.3 Å². The zero-order valence-electron chi connectivity index (χ0n) is 31.6. The lowest BCUT2D eigenvalue weighted by atomic mass is 10.0. The largest absolute Gasteiger partial charge is 0.309 e. The van der Waals surface area contributed by atoms with Crippen LogP contribution in [0, 0.1) is 0 Å². The van der Waals surface area contributed by atoms with Crippen LogP contribution in [-0.2, 0) is 0 Å². The first-order chi connectivity index (χ1) is 28.2. The van der Waals surface area contributed by atoms with Gasteiger partial charge in [-0.2, -0.15) is 12.6 Å². The Bertz CT molecular complexity index is 3020. The third kappa shape index (κ3) is 6.33. The van der Waals surface area contributed by atoms with E-state index in [1.54, 1.807) is 18.4 Å². The molecule has 0 radical (unpaired) electrons. The van der Waals surface area contributed by atoms with Gasteiger partial charge in [0.15, 0.2) is 0 Å². The molecule has 0 N–H and O–H groups in total. The van der Waals surface area contributed by atoms with E-state index in [0.717, 1.165) is 0 Å². The molecule has 274 valence electrons. The Morgan fingerprint density at radius 3 is 1.18 bits per heavy atom. The topological polar surface area (TPSA) is 9.86 Å². The maximum Gasteiger partial charge on any atom is 0.0541 e. The number of allylic oxidation sites excluding steroid dienone is 2. The van der Waals surface area contributed by atoms with Gasteiger partial charge in [-0.05, 0) is 101 Å². The summed E-state index contributed by atoms with van der Waals surface area (Å²) < 4.78 is 7.47. The number of para-hydroxylation sites is 2. The second-order valence-corrected chi connectivity index (χ2v) is 14.9. The molecule has 0 unspecified atom stereocenters. The highest BCUT2D eigenvalue weighted by molar-refractivity contribution is 7.79. The van der Waals surface area contributed by atoms with Crippen molar-refractivity contribution in [2.24, 2.45) is 0 Å². The van der Waals surface area contributed by atoms with Gasteiger partial charge in [0.2, 0.25) is 0 Å². The summed E-state index contributed by atoms with van der Waals surface area (Å²) in [6, 6.07) is 66.7. The normalized spacial score (nSPS) is 11.1. The molecule has 11 aromatic rings. The maximum atomic E-state index is 3.53. The van der Waals surface area contributed by atoms with Crippen molar-refractivity contribution in [1.29, 1.82) is 0 Å². The van der Waals surface area contributed by atoms with Crippen molar-refractivity contribution in [2.45, 2.75) is 0 Å². The molecule has 0 spiro atoms. The van der Waals surface area contributed by atoms with Crippen molar-refractivity contribution in [3.63, 3.8) is 0 Å².